The highest BCUT2D eigenvalue weighted by Crippen LogP contribution is 2.37. The quantitative estimate of drug-likeness (QED) is 0.739. The summed E-state index contributed by atoms with van der Waals surface area (Å²) in [5, 5.41) is 0. The molecule has 4 heteroatoms. The second-order valence-corrected chi connectivity index (χ2v) is 3.83. The van der Waals surface area contributed by atoms with Crippen LogP contribution >= 0.6 is 0 Å². The lowest BCUT2D eigenvalue weighted by atomic mass is 10.2. The first kappa shape index (κ1) is 13.4. The van der Waals surface area contributed by atoms with Crippen LogP contribution in [0.25, 0.3) is 0 Å². The van der Waals surface area contributed by atoms with Crippen molar-refractivity contribution in [1.82, 2.24) is 0 Å². The van der Waals surface area contributed by atoms with Gasteiger partial charge in [0.2, 0.25) is 5.75 Å². The minimum absolute atomic E-state index is 0.258. The van der Waals surface area contributed by atoms with E-state index in [2.05, 4.69) is 4.99 Å². The van der Waals surface area contributed by atoms with Gasteiger partial charge >= 0.3 is 0 Å². The fraction of sp³-hybridized carbons (Fsp3) is 0.462. The van der Waals surface area contributed by atoms with Gasteiger partial charge in [0.05, 0.1) is 21.3 Å². The molecule has 0 fully saturated rings. The molecule has 1 aromatic carbocycles. The molecule has 0 amide bonds. The molecule has 0 heterocycles. The molecule has 0 saturated carbocycles. The average Bonchev–Trinajstić information content (AvgIpc) is 2.34. The van der Waals surface area contributed by atoms with E-state index >= 15 is 0 Å². The van der Waals surface area contributed by atoms with Gasteiger partial charge in [-0.05, 0) is 31.5 Å². The molecule has 1 aromatic rings. The van der Waals surface area contributed by atoms with Gasteiger partial charge in [0.25, 0.3) is 0 Å². The Morgan fingerprint density at radius 1 is 1.00 bits per heavy atom. The normalized spacial score (nSPS) is 10.9. The van der Waals surface area contributed by atoms with E-state index in [1.807, 2.05) is 26.0 Å². The topological polar surface area (TPSA) is 40.0 Å². The average molecular weight is 237 g/mol. The van der Waals surface area contributed by atoms with Crippen LogP contribution in [0.5, 0.6) is 17.2 Å². The highest BCUT2D eigenvalue weighted by Gasteiger charge is 2.12. The molecule has 0 aliphatic carbocycles. The van der Waals surface area contributed by atoms with Crippen molar-refractivity contribution < 1.29 is 14.2 Å². The highest BCUT2D eigenvalue weighted by molar-refractivity contribution is 5.82. The molecule has 94 valence electrons. The standard InChI is InChI=1S/C13H19NO3/c1-9(2)14-8-10-6-11(15-3)13(17-5)12(7-10)16-4/h6-9H,1-5H3. The van der Waals surface area contributed by atoms with Crippen LogP contribution in [-0.4, -0.2) is 33.6 Å². The number of rotatable bonds is 5. The molecule has 0 bridgehead atoms. The van der Waals surface area contributed by atoms with Crippen LogP contribution in [0.1, 0.15) is 19.4 Å². The van der Waals surface area contributed by atoms with Crippen LogP contribution in [0.2, 0.25) is 0 Å². The van der Waals surface area contributed by atoms with Gasteiger partial charge in [0, 0.05) is 12.3 Å². The summed E-state index contributed by atoms with van der Waals surface area (Å²) in [5.41, 5.74) is 0.924. The first-order chi connectivity index (χ1) is 8.12. The van der Waals surface area contributed by atoms with E-state index in [0.717, 1.165) is 5.56 Å². The Balaban J connectivity index is 3.17. The molecule has 0 unspecified atom stereocenters. The zero-order valence-corrected chi connectivity index (χ0v) is 11.0. The lowest BCUT2D eigenvalue weighted by Crippen LogP contribution is -1.97. The van der Waals surface area contributed by atoms with Crippen LogP contribution in [0, 0.1) is 0 Å². The van der Waals surface area contributed by atoms with Crippen LogP contribution in [0.3, 0.4) is 0 Å². The number of benzene rings is 1. The van der Waals surface area contributed by atoms with Crippen molar-refractivity contribution >= 4 is 6.21 Å². The lowest BCUT2D eigenvalue weighted by molar-refractivity contribution is 0.324. The number of ether oxygens (including phenoxy) is 3. The molecule has 0 N–H and O–H groups in total. The Bertz CT molecular complexity index is 375. The molecule has 17 heavy (non-hydrogen) atoms. The van der Waals surface area contributed by atoms with Gasteiger partial charge in [-0.15, -0.1) is 0 Å². The summed E-state index contributed by atoms with van der Waals surface area (Å²) in [5.74, 6) is 1.87. The third-order valence-electron chi connectivity index (χ3n) is 2.21. The lowest BCUT2D eigenvalue weighted by Gasteiger charge is -2.12. The predicted molar refractivity (Wildman–Crippen MR) is 68.8 cm³/mol. The molecular formula is C13H19NO3. The molecular weight excluding hydrogens is 218 g/mol. The van der Waals surface area contributed by atoms with Gasteiger partial charge in [-0.3, -0.25) is 4.99 Å². The van der Waals surface area contributed by atoms with Crippen LogP contribution in [0.15, 0.2) is 17.1 Å². The Labute approximate surface area is 102 Å². The Hall–Kier alpha value is -1.71. The molecule has 0 aliphatic rings. The van der Waals surface area contributed by atoms with Gasteiger partial charge in [-0.25, -0.2) is 0 Å². The molecule has 1 rings (SSSR count). The van der Waals surface area contributed by atoms with Crippen molar-refractivity contribution in [2.45, 2.75) is 19.9 Å². The summed E-state index contributed by atoms with van der Waals surface area (Å²) in [7, 11) is 4.78. The summed E-state index contributed by atoms with van der Waals surface area (Å²) < 4.78 is 15.8. The van der Waals surface area contributed by atoms with Crippen molar-refractivity contribution in [2.24, 2.45) is 4.99 Å². The summed E-state index contributed by atoms with van der Waals surface area (Å²) in [6.07, 6.45) is 1.80. The van der Waals surface area contributed by atoms with E-state index in [4.69, 9.17) is 14.2 Å². The van der Waals surface area contributed by atoms with Crippen LogP contribution in [0.4, 0.5) is 0 Å². The minimum atomic E-state index is 0.258. The largest absolute Gasteiger partial charge is 0.493 e. The van der Waals surface area contributed by atoms with Gasteiger partial charge in [-0.2, -0.15) is 0 Å². The van der Waals surface area contributed by atoms with Crippen molar-refractivity contribution in [3.05, 3.63) is 17.7 Å². The third kappa shape index (κ3) is 3.37. The monoisotopic (exact) mass is 237 g/mol. The van der Waals surface area contributed by atoms with Crippen molar-refractivity contribution in [3.63, 3.8) is 0 Å². The summed E-state index contributed by atoms with van der Waals surface area (Å²) >= 11 is 0. The van der Waals surface area contributed by atoms with Gasteiger partial charge in [-0.1, -0.05) is 0 Å². The molecule has 0 saturated heterocycles. The number of methoxy groups -OCH3 is 3. The molecule has 4 nitrogen and oxygen atoms in total. The Kier molecular flexibility index (Phi) is 4.82. The smallest absolute Gasteiger partial charge is 0.203 e. The Morgan fingerprint density at radius 3 is 1.88 bits per heavy atom. The molecule has 0 atom stereocenters. The van der Waals surface area contributed by atoms with Gasteiger partial charge in [0.15, 0.2) is 11.5 Å². The van der Waals surface area contributed by atoms with Gasteiger partial charge < -0.3 is 14.2 Å². The summed E-state index contributed by atoms with van der Waals surface area (Å²) in [6, 6.07) is 3.99. The first-order valence-corrected chi connectivity index (χ1v) is 5.45. The first-order valence-electron chi connectivity index (χ1n) is 5.45. The van der Waals surface area contributed by atoms with E-state index in [1.54, 1.807) is 27.5 Å². The van der Waals surface area contributed by atoms with Crippen LogP contribution < -0.4 is 14.2 Å². The van der Waals surface area contributed by atoms with Crippen molar-refractivity contribution in [1.29, 1.82) is 0 Å². The van der Waals surface area contributed by atoms with E-state index in [9.17, 15) is 0 Å². The second-order valence-electron chi connectivity index (χ2n) is 3.83. The Morgan fingerprint density at radius 2 is 1.53 bits per heavy atom. The molecule has 0 aromatic heterocycles. The van der Waals surface area contributed by atoms with E-state index < -0.39 is 0 Å². The number of aliphatic imine (C=N–C) groups is 1. The summed E-state index contributed by atoms with van der Waals surface area (Å²) in [4.78, 5) is 4.32. The maximum atomic E-state index is 5.26. The van der Waals surface area contributed by atoms with E-state index in [1.165, 1.54) is 0 Å². The molecule has 0 aliphatic heterocycles. The zero-order chi connectivity index (χ0) is 12.8. The van der Waals surface area contributed by atoms with Gasteiger partial charge in [0.1, 0.15) is 0 Å². The third-order valence-corrected chi connectivity index (χ3v) is 2.21. The second kappa shape index (κ2) is 6.13. The summed E-state index contributed by atoms with van der Waals surface area (Å²) in [6.45, 7) is 4.04. The maximum absolute atomic E-state index is 5.26. The highest BCUT2D eigenvalue weighted by atomic mass is 16.5. The molecule has 0 spiro atoms. The van der Waals surface area contributed by atoms with Crippen molar-refractivity contribution in [3.8, 4) is 17.2 Å². The van der Waals surface area contributed by atoms with E-state index in [-0.39, 0.29) is 6.04 Å². The van der Waals surface area contributed by atoms with Crippen molar-refractivity contribution in [2.75, 3.05) is 21.3 Å². The zero-order valence-electron chi connectivity index (χ0n) is 11.0. The minimum Gasteiger partial charge on any atom is -0.493 e. The number of hydrogen-bond donors (Lipinski definition) is 0. The fourth-order valence-corrected chi connectivity index (χ4v) is 1.41. The van der Waals surface area contributed by atoms with E-state index in [0.29, 0.717) is 17.2 Å². The predicted octanol–water partition coefficient (Wildman–Crippen LogP) is 2.54. The fourth-order valence-electron chi connectivity index (χ4n) is 1.41. The van der Waals surface area contributed by atoms with Crippen LogP contribution in [-0.2, 0) is 0 Å². The number of hydrogen-bond acceptors (Lipinski definition) is 4. The number of nitrogens with zero attached hydrogens (tertiary/aromatic N) is 1. The molecule has 0 radical (unpaired) electrons. The maximum Gasteiger partial charge on any atom is 0.203 e. The SMILES string of the molecule is COc1cc(C=NC(C)C)cc(OC)c1OC.